The highest BCUT2D eigenvalue weighted by atomic mass is 19.1. The molecule has 0 saturated carbocycles. The second kappa shape index (κ2) is 4.15. The third-order valence-corrected chi connectivity index (χ3v) is 1.74. The smallest absolute Gasteiger partial charge is 0.151 e. The molecule has 0 aliphatic heterocycles. The summed E-state index contributed by atoms with van der Waals surface area (Å²) < 4.78 is 12.9. The van der Waals surface area contributed by atoms with E-state index >= 15 is 0 Å². The van der Waals surface area contributed by atoms with Gasteiger partial charge in [0.15, 0.2) is 6.29 Å². The van der Waals surface area contributed by atoms with Crippen molar-refractivity contribution in [3.05, 3.63) is 34.6 Å². The Labute approximate surface area is 80.0 Å². The van der Waals surface area contributed by atoms with Crippen molar-refractivity contribution in [2.75, 3.05) is 0 Å². The molecular weight excluding hydrogens is 183 g/mol. The molecular formula is C10H5FN2O. The van der Waals surface area contributed by atoms with E-state index in [2.05, 4.69) is 0 Å². The Kier molecular flexibility index (Phi) is 2.93. The molecule has 68 valence electrons. The van der Waals surface area contributed by atoms with Crippen LogP contribution >= 0.6 is 0 Å². The molecule has 0 aromatic heterocycles. The highest BCUT2D eigenvalue weighted by Crippen LogP contribution is 2.15. The maximum atomic E-state index is 12.9. The molecule has 14 heavy (non-hydrogen) atoms. The largest absolute Gasteiger partial charge is 0.298 e. The number of carbonyl (C=O) groups is 1. The summed E-state index contributed by atoms with van der Waals surface area (Å²) in [5.74, 6) is -0.614. The fourth-order valence-electron chi connectivity index (χ4n) is 1.14. The molecule has 0 bridgehead atoms. The number of hydrogen-bond acceptors (Lipinski definition) is 3. The minimum atomic E-state index is -0.614. The number of benzene rings is 1. The molecule has 0 heterocycles. The molecule has 0 radical (unpaired) electrons. The van der Waals surface area contributed by atoms with E-state index in [1.54, 1.807) is 12.1 Å². The maximum absolute atomic E-state index is 12.9. The second-order valence-corrected chi connectivity index (χ2v) is 2.59. The highest BCUT2D eigenvalue weighted by molar-refractivity contribution is 5.81. The summed E-state index contributed by atoms with van der Waals surface area (Å²) in [7, 11) is 0. The Morgan fingerprint density at radius 1 is 1.43 bits per heavy atom. The van der Waals surface area contributed by atoms with Crippen LogP contribution in [-0.2, 0) is 6.42 Å². The first-order valence-electron chi connectivity index (χ1n) is 3.77. The monoisotopic (exact) mass is 188 g/mol. The number of carbonyl (C=O) groups excluding carboxylic acids is 1. The summed E-state index contributed by atoms with van der Waals surface area (Å²) in [4.78, 5) is 10.6. The first-order chi connectivity index (χ1) is 6.72. The topological polar surface area (TPSA) is 64.7 Å². The van der Waals surface area contributed by atoms with E-state index in [0.717, 1.165) is 12.1 Å². The van der Waals surface area contributed by atoms with E-state index in [1.807, 2.05) is 0 Å². The van der Waals surface area contributed by atoms with E-state index in [4.69, 9.17) is 10.5 Å². The number of nitrogens with zero attached hydrogens (tertiary/aromatic N) is 2. The van der Waals surface area contributed by atoms with Crippen molar-refractivity contribution < 1.29 is 9.18 Å². The maximum Gasteiger partial charge on any atom is 0.151 e. The van der Waals surface area contributed by atoms with Gasteiger partial charge in [0.1, 0.15) is 5.82 Å². The van der Waals surface area contributed by atoms with Gasteiger partial charge in [0, 0.05) is 5.56 Å². The van der Waals surface area contributed by atoms with Crippen molar-refractivity contribution in [3.8, 4) is 12.1 Å². The number of rotatable bonds is 2. The molecule has 0 atom stereocenters. The zero-order valence-corrected chi connectivity index (χ0v) is 7.12. The summed E-state index contributed by atoms with van der Waals surface area (Å²) in [6.07, 6.45) is 0.380. The van der Waals surface area contributed by atoms with Gasteiger partial charge >= 0.3 is 0 Å². The van der Waals surface area contributed by atoms with Crippen LogP contribution in [0.15, 0.2) is 12.1 Å². The van der Waals surface area contributed by atoms with Crippen LogP contribution in [0.1, 0.15) is 21.5 Å². The minimum absolute atomic E-state index is 0.0368. The van der Waals surface area contributed by atoms with Crippen molar-refractivity contribution in [2.45, 2.75) is 6.42 Å². The number of nitriles is 2. The number of halogens is 1. The molecule has 0 fully saturated rings. The molecule has 4 heteroatoms. The Hall–Kier alpha value is -2.20. The van der Waals surface area contributed by atoms with Crippen LogP contribution in [-0.4, -0.2) is 6.29 Å². The molecule has 1 aromatic rings. The van der Waals surface area contributed by atoms with Crippen molar-refractivity contribution in [1.82, 2.24) is 0 Å². The first-order valence-corrected chi connectivity index (χ1v) is 3.77. The number of hydrogen-bond donors (Lipinski definition) is 0. The summed E-state index contributed by atoms with van der Waals surface area (Å²) in [5, 5.41) is 17.0. The standard InChI is InChI=1S/C10H5FN2O/c11-9-3-7(1-2-12)10(6-14)8(4-9)5-13/h3-4,6H,1H2. The van der Waals surface area contributed by atoms with Crippen LogP contribution in [0.5, 0.6) is 0 Å². The molecule has 1 aromatic carbocycles. The van der Waals surface area contributed by atoms with Gasteiger partial charge in [0.05, 0.1) is 24.1 Å². The third-order valence-electron chi connectivity index (χ3n) is 1.74. The van der Waals surface area contributed by atoms with Crippen LogP contribution in [0.25, 0.3) is 0 Å². The van der Waals surface area contributed by atoms with Gasteiger partial charge in [-0.15, -0.1) is 0 Å². The number of aldehydes is 1. The summed E-state index contributed by atoms with van der Waals surface area (Å²) >= 11 is 0. The Bertz CT molecular complexity index is 454. The van der Waals surface area contributed by atoms with E-state index < -0.39 is 5.82 Å². The van der Waals surface area contributed by atoms with Crippen LogP contribution < -0.4 is 0 Å². The van der Waals surface area contributed by atoms with Gasteiger partial charge in [0.2, 0.25) is 0 Å². The van der Waals surface area contributed by atoms with Crippen LogP contribution in [0.3, 0.4) is 0 Å². The quantitative estimate of drug-likeness (QED) is 0.661. The average molecular weight is 188 g/mol. The van der Waals surface area contributed by atoms with Gasteiger partial charge in [0.25, 0.3) is 0 Å². The molecule has 0 unspecified atom stereocenters. The fourth-order valence-corrected chi connectivity index (χ4v) is 1.14. The van der Waals surface area contributed by atoms with Gasteiger partial charge < -0.3 is 0 Å². The van der Waals surface area contributed by atoms with Gasteiger partial charge in [-0.25, -0.2) is 4.39 Å². The van der Waals surface area contributed by atoms with Crippen LogP contribution in [0, 0.1) is 28.5 Å². The van der Waals surface area contributed by atoms with E-state index in [9.17, 15) is 9.18 Å². The predicted octanol–water partition coefficient (Wildman–Crippen LogP) is 1.58. The summed E-state index contributed by atoms with van der Waals surface area (Å²) in [6.45, 7) is 0. The first kappa shape index (κ1) is 9.88. The SMILES string of the molecule is N#CCc1cc(F)cc(C#N)c1C=O. The lowest BCUT2D eigenvalue weighted by atomic mass is 10.0. The molecule has 0 amide bonds. The zero-order valence-electron chi connectivity index (χ0n) is 7.12. The minimum Gasteiger partial charge on any atom is -0.298 e. The van der Waals surface area contributed by atoms with Crippen LogP contribution in [0.4, 0.5) is 4.39 Å². The second-order valence-electron chi connectivity index (χ2n) is 2.59. The molecule has 0 aliphatic rings. The average Bonchev–Trinajstić information content (AvgIpc) is 2.17. The van der Waals surface area contributed by atoms with Gasteiger partial charge in [-0.05, 0) is 17.7 Å². The summed E-state index contributed by atoms with van der Waals surface area (Å²) in [6, 6.07) is 5.58. The lowest BCUT2D eigenvalue weighted by Crippen LogP contribution is -1.97. The van der Waals surface area contributed by atoms with E-state index in [1.165, 1.54) is 0 Å². The zero-order chi connectivity index (χ0) is 10.6. The highest BCUT2D eigenvalue weighted by Gasteiger charge is 2.09. The van der Waals surface area contributed by atoms with Crippen LogP contribution in [0.2, 0.25) is 0 Å². The van der Waals surface area contributed by atoms with Crippen molar-refractivity contribution >= 4 is 6.29 Å². The molecule has 1 rings (SSSR count). The van der Waals surface area contributed by atoms with Crippen molar-refractivity contribution in [3.63, 3.8) is 0 Å². The molecule has 0 saturated heterocycles. The summed E-state index contributed by atoms with van der Waals surface area (Å²) in [5.41, 5.74) is 0.305. The lowest BCUT2D eigenvalue weighted by molar-refractivity contribution is 0.112. The Morgan fingerprint density at radius 2 is 2.14 bits per heavy atom. The molecule has 0 spiro atoms. The fraction of sp³-hybridized carbons (Fsp3) is 0.100. The van der Waals surface area contributed by atoms with E-state index in [0.29, 0.717) is 6.29 Å². The van der Waals surface area contributed by atoms with E-state index in [-0.39, 0.29) is 23.1 Å². The Balaban J connectivity index is 3.42. The van der Waals surface area contributed by atoms with Gasteiger partial charge in [-0.2, -0.15) is 10.5 Å². The van der Waals surface area contributed by atoms with Crippen molar-refractivity contribution in [1.29, 1.82) is 10.5 Å². The van der Waals surface area contributed by atoms with Crippen molar-refractivity contribution in [2.24, 2.45) is 0 Å². The molecule has 0 N–H and O–H groups in total. The predicted molar refractivity (Wildman–Crippen MR) is 45.8 cm³/mol. The molecule has 3 nitrogen and oxygen atoms in total. The van der Waals surface area contributed by atoms with Gasteiger partial charge in [-0.1, -0.05) is 0 Å². The van der Waals surface area contributed by atoms with Gasteiger partial charge in [-0.3, -0.25) is 4.79 Å². The molecule has 0 aliphatic carbocycles. The lowest BCUT2D eigenvalue weighted by Gasteiger charge is -2.02. The normalized spacial score (nSPS) is 8.79. The Morgan fingerprint density at radius 3 is 2.64 bits per heavy atom. The third kappa shape index (κ3) is 1.75.